The topological polar surface area (TPSA) is 55.8 Å². The van der Waals surface area contributed by atoms with Crippen LogP contribution >= 0.6 is 11.3 Å². The Kier molecular flexibility index (Phi) is 4.42. The second-order valence-corrected chi connectivity index (χ2v) is 5.30. The highest BCUT2D eigenvalue weighted by Gasteiger charge is 2.33. The number of rotatable bonds is 3. The number of esters is 1. The quantitative estimate of drug-likeness (QED) is 0.795. The average molecular weight is 283 g/mol. The Morgan fingerprint density at radius 3 is 2.79 bits per heavy atom. The lowest BCUT2D eigenvalue weighted by atomic mass is 10.0. The summed E-state index contributed by atoms with van der Waals surface area (Å²) in [5.41, 5.74) is 0. The Morgan fingerprint density at radius 2 is 2.16 bits per heavy atom. The maximum absolute atomic E-state index is 12.4. The van der Waals surface area contributed by atoms with Gasteiger partial charge in [0.05, 0.1) is 19.1 Å². The predicted molar refractivity (Wildman–Crippen MR) is 71.6 cm³/mol. The lowest BCUT2D eigenvalue weighted by Crippen LogP contribution is -2.48. The van der Waals surface area contributed by atoms with Crippen molar-refractivity contribution < 1.29 is 19.1 Å². The minimum Gasteiger partial charge on any atom is -0.496 e. The molecule has 0 unspecified atom stereocenters. The molecule has 2 rings (SSSR count). The minimum absolute atomic E-state index is 0.122. The number of amides is 1. The van der Waals surface area contributed by atoms with Crippen LogP contribution in [0.15, 0.2) is 11.4 Å². The van der Waals surface area contributed by atoms with Crippen molar-refractivity contribution >= 4 is 23.2 Å². The van der Waals surface area contributed by atoms with Crippen molar-refractivity contribution in [3.8, 4) is 5.75 Å². The molecule has 104 valence electrons. The number of carbonyl (C=O) groups is 2. The molecule has 1 aliphatic rings. The van der Waals surface area contributed by atoms with Gasteiger partial charge in [0.2, 0.25) is 0 Å². The molecular weight excluding hydrogens is 266 g/mol. The van der Waals surface area contributed by atoms with Gasteiger partial charge >= 0.3 is 5.97 Å². The zero-order valence-corrected chi connectivity index (χ0v) is 11.9. The van der Waals surface area contributed by atoms with Gasteiger partial charge in [-0.05, 0) is 19.3 Å². The molecule has 1 saturated heterocycles. The summed E-state index contributed by atoms with van der Waals surface area (Å²) in [4.78, 5) is 26.4. The third kappa shape index (κ3) is 2.89. The smallest absolute Gasteiger partial charge is 0.328 e. The molecule has 1 atom stereocenters. The van der Waals surface area contributed by atoms with Crippen LogP contribution < -0.4 is 4.74 Å². The number of thiophene rings is 1. The van der Waals surface area contributed by atoms with E-state index < -0.39 is 6.04 Å². The highest BCUT2D eigenvalue weighted by atomic mass is 32.1. The van der Waals surface area contributed by atoms with Gasteiger partial charge in [-0.1, -0.05) is 0 Å². The van der Waals surface area contributed by atoms with E-state index in [-0.39, 0.29) is 11.9 Å². The van der Waals surface area contributed by atoms with E-state index in [4.69, 9.17) is 9.47 Å². The number of hydrogen-bond acceptors (Lipinski definition) is 5. The molecule has 19 heavy (non-hydrogen) atoms. The Morgan fingerprint density at radius 1 is 1.37 bits per heavy atom. The molecule has 0 bridgehead atoms. The van der Waals surface area contributed by atoms with Gasteiger partial charge in [-0.2, -0.15) is 0 Å². The van der Waals surface area contributed by atoms with Crippen LogP contribution in [-0.4, -0.2) is 43.6 Å². The molecule has 1 aliphatic heterocycles. The molecule has 0 spiro atoms. The summed E-state index contributed by atoms with van der Waals surface area (Å²) in [5, 5.41) is 1.78. The summed E-state index contributed by atoms with van der Waals surface area (Å²) >= 11 is 1.33. The van der Waals surface area contributed by atoms with Crippen molar-refractivity contribution in [1.82, 2.24) is 4.90 Å². The SMILES string of the molecule is COC(=O)[C@H]1CCCCN1C(=O)c1cc(OC)cs1. The summed E-state index contributed by atoms with van der Waals surface area (Å²) in [6, 6.07) is 1.25. The maximum Gasteiger partial charge on any atom is 0.328 e. The summed E-state index contributed by atoms with van der Waals surface area (Å²) in [7, 11) is 2.92. The highest BCUT2D eigenvalue weighted by Crippen LogP contribution is 2.26. The molecule has 0 aliphatic carbocycles. The van der Waals surface area contributed by atoms with Crippen molar-refractivity contribution in [2.24, 2.45) is 0 Å². The normalized spacial score (nSPS) is 19.1. The molecular formula is C13H17NO4S. The fourth-order valence-electron chi connectivity index (χ4n) is 2.24. The molecule has 1 fully saturated rings. The van der Waals surface area contributed by atoms with Gasteiger partial charge in [-0.3, -0.25) is 4.79 Å². The Hall–Kier alpha value is -1.56. The van der Waals surface area contributed by atoms with Gasteiger partial charge in [-0.25, -0.2) is 4.79 Å². The Labute approximate surface area is 116 Å². The van der Waals surface area contributed by atoms with Gasteiger partial charge in [-0.15, -0.1) is 11.3 Å². The van der Waals surface area contributed by atoms with E-state index in [2.05, 4.69) is 0 Å². The van der Waals surface area contributed by atoms with E-state index in [0.717, 1.165) is 12.8 Å². The van der Waals surface area contributed by atoms with Gasteiger partial charge < -0.3 is 14.4 Å². The summed E-state index contributed by atoms with van der Waals surface area (Å²) in [5.74, 6) is 0.208. The monoisotopic (exact) mass is 283 g/mol. The number of nitrogens with zero attached hydrogens (tertiary/aromatic N) is 1. The molecule has 1 aromatic heterocycles. The number of carbonyl (C=O) groups excluding carboxylic acids is 2. The largest absolute Gasteiger partial charge is 0.496 e. The lowest BCUT2D eigenvalue weighted by molar-refractivity contribution is -0.147. The van der Waals surface area contributed by atoms with Crippen LogP contribution in [0.1, 0.15) is 28.9 Å². The lowest BCUT2D eigenvalue weighted by Gasteiger charge is -2.33. The first-order chi connectivity index (χ1) is 9.17. The molecule has 0 aromatic carbocycles. The number of methoxy groups -OCH3 is 2. The van der Waals surface area contributed by atoms with E-state index >= 15 is 0 Å². The van der Waals surface area contributed by atoms with Crippen molar-refractivity contribution in [2.45, 2.75) is 25.3 Å². The fraction of sp³-hybridized carbons (Fsp3) is 0.538. The van der Waals surface area contributed by atoms with Crippen molar-refractivity contribution in [2.75, 3.05) is 20.8 Å². The summed E-state index contributed by atoms with van der Waals surface area (Å²) in [6.07, 6.45) is 2.53. The minimum atomic E-state index is -0.459. The third-order valence-corrected chi connectivity index (χ3v) is 4.16. The van der Waals surface area contributed by atoms with Gasteiger partial charge in [0, 0.05) is 18.0 Å². The zero-order valence-electron chi connectivity index (χ0n) is 11.0. The Balaban J connectivity index is 2.17. The van der Waals surface area contributed by atoms with Gasteiger partial charge in [0.1, 0.15) is 11.8 Å². The molecule has 6 heteroatoms. The highest BCUT2D eigenvalue weighted by molar-refractivity contribution is 7.12. The second-order valence-electron chi connectivity index (χ2n) is 4.38. The first kappa shape index (κ1) is 13.9. The number of ether oxygens (including phenoxy) is 2. The molecule has 1 aromatic rings. The van der Waals surface area contributed by atoms with E-state index in [1.54, 1.807) is 23.5 Å². The molecule has 0 radical (unpaired) electrons. The average Bonchev–Trinajstić information content (AvgIpc) is 2.94. The van der Waals surface area contributed by atoms with Crippen LogP contribution in [0.3, 0.4) is 0 Å². The van der Waals surface area contributed by atoms with E-state index in [1.165, 1.54) is 18.4 Å². The van der Waals surface area contributed by atoms with Gasteiger partial charge in [0.15, 0.2) is 0 Å². The van der Waals surface area contributed by atoms with Crippen LogP contribution in [0.4, 0.5) is 0 Å². The fourth-order valence-corrected chi connectivity index (χ4v) is 3.04. The third-order valence-electron chi connectivity index (χ3n) is 3.26. The second kappa shape index (κ2) is 6.06. The Bertz CT molecular complexity index is 471. The number of likely N-dealkylation sites (tertiary alicyclic amines) is 1. The van der Waals surface area contributed by atoms with Crippen LogP contribution in [-0.2, 0) is 9.53 Å². The van der Waals surface area contributed by atoms with Crippen LogP contribution in [0.5, 0.6) is 5.75 Å². The summed E-state index contributed by atoms with van der Waals surface area (Å²) in [6.45, 7) is 0.596. The first-order valence-corrected chi connectivity index (χ1v) is 7.06. The van der Waals surface area contributed by atoms with Crippen LogP contribution in [0, 0.1) is 0 Å². The molecule has 1 amide bonds. The molecule has 2 heterocycles. The van der Waals surface area contributed by atoms with E-state index in [9.17, 15) is 9.59 Å². The van der Waals surface area contributed by atoms with Crippen molar-refractivity contribution in [1.29, 1.82) is 0 Å². The van der Waals surface area contributed by atoms with E-state index in [1.807, 2.05) is 0 Å². The van der Waals surface area contributed by atoms with Crippen molar-refractivity contribution in [3.05, 3.63) is 16.3 Å². The zero-order chi connectivity index (χ0) is 13.8. The number of hydrogen-bond donors (Lipinski definition) is 0. The first-order valence-electron chi connectivity index (χ1n) is 6.18. The molecule has 5 nitrogen and oxygen atoms in total. The maximum atomic E-state index is 12.4. The van der Waals surface area contributed by atoms with E-state index in [0.29, 0.717) is 23.6 Å². The molecule has 0 saturated carbocycles. The number of piperidine rings is 1. The van der Waals surface area contributed by atoms with Crippen LogP contribution in [0.25, 0.3) is 0 Å². The standard InChI is InChI=1S/C13H17NO4S/c1-17-9-7-11(19-8-9)12(15)14-6-4-3-5-10(14)13(16)18-2/h7-8,10H,3-6H2,1-2H3/t10-/m1/s1. The summed E-state index contributed by atoms with van der Waals surface area (Å²) < 4.78 is 9.85. The van der Waals surface area contributed by atoms with Crippen molar-refractivity contribution in [3.63, 3.8) is 0 Å². The molecule has 0 N–H and O–H groups in total. The predicted octanol–water partition coefficient (Wildman–Crippen LogP) is 1.92. The van der Waals surface area contributed by atoms with Crippen LogP contribution in [0.2, 0.25) is 0 Å². The van der Waals surface area contributed by atoms with Gasteiger partial charge in [0.25, 0.3) is 5.91 Å².